The van der Waals surface area contributed by atoms with Crippen LogP contribution in [0.2, 0.25) is 0 Å². The summed E-state index contributed by atoms with van der Waals surface area (Å²) >= 11 is 1.66. The van der Waals surface area contributed by atoms with Crippen LogP contribution >= 0.6 is 11.3 Å². The number of hydrogen-bond donors (Lipinski definition) is 0. The summed E-state index contributed by atoms with van der Waals surface area (Å²) in [6.07, 6.45) is 5.46. The highest BCUT2D eigenvalue weighted by Crippen LogP contribution is 2.35. The fraction of sp³-hybridized carbons (Fsp3) is 0.429. The second-order valence-corrected chi connectivity index (χ2v) is 6.65. The predicted molar refractivity (Wildman–Crippen MR) is 72.1 cm³/mol. The molecule has 0 bridgehead atoms. The summed E-state index contributed by atoms with van der Waals surface area (Å²) in [7, 11) is 0. The van der Waals surface area contributed by atoms with Gasteiger partial charge in [0, 0.05) is 35.5 Å². The first-order valence-electron chi connectivity index (χ1n) is 6.15. The molecule has 4 heteroatoms. The van der Waals surface area contributed by atoms with E-state index in [-0.39, 0.29) is 11.2 Å². The van der Waals surface area contributed by atoms with Crippen LogP contribution in [0.1, 0.15) is 41.3 Å². The van der Waals surface area contributed by atoms with E-state index >= 15 is 0 Å². The lowest BCUT2D eigenvalue weighted by atomic mass is 9.76. The van der Waals surface area contributed by atoms with E-state index in [1.54, 1.807) is 11.3 Å². The highest BCUT2D eigenvalue weighted by molar-refractivity contribution is 7.09. The summed E-state index contributed by atoms with van der Waals surface area (Å²) < 4.78 is 2.17. The van der Waals surface area contributed by atoms with E-state index in [0.29, 0.717) is 6.42 Å². The highest BCUT2D eigenvalue weighted by Gasteiger charge is 2.32. The molecule has 0 atom stereocenters. The van der Waals surface area contributed by atoms with Crippen molar-refractivity contribution in [1.82, 2.24) is 9.55 Å². The minimum Gasteiger partial charge on any atom is -0.344 e. The van der Waals surface area contributed by atoms with Crippen molar-refractivity contribution < 1.29 is 4.79 Å². The van der Waals surface area contributed by atoms with Gasteiger partial charge >= 0.3 is 0 Å². The quantitative estimate of drug-likeness (QED) is 0.831. The van der Waals surface area contributed by atoms with E-state index < -0.39 is 0 Å². The van der Waals surface area contributed by atoms with Crippen LogP contribution < -0.4 is 0 Å². The fourth-order valence-corrected chi connectivity index (χ4v) is 3.24. The molecular formula is C14H16N2OS. The zero-order chi connectivity index (χ0) is 12.8. The Morgan fingerprint density at radius 2 is 2.28 bits per heavy atom. The molecule has 2 aromatic rings. The Morgan fingerprint density at radius 3 is 3.00 bits per heavy atom. The summed E-state index contributed by atoms with van der Waals surface area (Å²) in [6.45, 7) is 5.10. The molecule has 0 aliphatic heterocycles. The first kappa shape index (κ1) is 11.7. The standard InChI is InChI=1S/C14H16N2OS/c1-14(2)7-11-10(12(17)8-14)3-5-16(11)9-13-15-4-6-18-13/h3-6H,7-9H2,1-2H3. The van der Waals surface area contributed by atoms with Crippen LogP contribution in [0, 0.1) is 5.41 Å². The molecule has 0 radical (unpaired) electrons. The Labute approximate surface area is 110 Å². The van der Waals surface area contributed by atoms with Crippen molar-refractivity contribution in [3.63, 3.8) is 0 Å². The number of hydrogen-bond acceptors (Lipinski definition) is 3. The Hall–Kier alpha value is -1.42. The normalized spacial score (nSPS) is 17.8. The van der Waals surface area contributed by atoms with Crippen molar-refractivity contribution >= 4 is 17.1 Å². The number of fused-ring (bicyclic) bond motifs is 1. The van der Waals surface area contributed by atoms with Gasteiger partial charge in [-0.05, 0) is 17.9 Å². The molecule has 3 rings (SSSR count). The van der Waals surface area contributed by atoms with Gasteiger partial charge in [-0.25, -0.2) is 4.98 Å². The number of thiazole rings is 1. The number of ketones is 1. The van der Waals surface area contributed by atoms with Gasteiger partial charge < -0.3 is 4.57 Å². The SMILES string of the molecule is CC1(C)CC(=O)c2ccn(Cc3nccs3)c2C1. The van der Waals surface area contributed by atoms with E-state index in [4.69, 9.17) is 0 Å². The minimum absolute atomic E-state index is 0.0725. The average Bonchev–Trinajstić information content (AvgIpc) is 2.88. The molecule has 0 fully saturated rings. The van der Waals surface area contributed by atoms with Crippen molar-refractivity contribution in [2.24, 2.45) is 5.41 Å². The zero-order valence-electron chi connectivity index (χ0n) is 10.6. The number of aromatic nitrogens is 2. The van der Waals surface area contributed by atoms with Crippen molar-refractivity contribution in [3.05, 3.63) is 40.1 Å². The van der Waals surface area contributed by atoms with Crippen LogP contribution in [0.4, 0.5) is 0 Å². The molecule has 0 saturated heterocycles. The van der Waals surface area contributed by atoms with E-state index in [1.165, 1.54) is 5.69 Å². The highest BCUT2D eigenvalue weighted by atomic mass is 32.1. The molecule has 1 aliphatic carbocycles. The molecule has 94 valence electrons. The summed E-state index contributed by atoms with van der Waals surface area (Å²) in [6, 6.07) is 1.96. The van der Waals surface area contributed by atoms with Crippen LogP contribution in [-0.4, -0.2) is 15.3 Å². The smallest absolute Gasteiger partial charge is 0.165 e. The first-order valence-corrected chi connectivity index (χ1v) is 7.03. The molecule has 18 heavy (non-hydrogen) atoms. The van der Waals surface area contributed by atoms with Gasteiger partial charge in [0.2, 0.25) is 0 Å². The number of nitrogens with zero attached hydrogens (tertiary/aromatic N) is 2. The molecule has 2 heterocycles. The Balaban J connectivity index is 1.97. The van der Waals surface area contributed by atoms with Crippen molar-refractivity contribution in [3.8, 4) is 0 Å². The van der Waals surface area contributed by atoms with E-state index in [9.17, 15) is 4.79 Å². The van der Waals surface area contributed by atoms with Gasteiger partial charge in [-0.15, -0.1) is 11.3 Å². The number of carbonyl (C=O) groups is 1. The molecule has 0 spiro atoms. The van der Waals surface area contributed by atoms with Crippen LogP contribution in [0.15, 0.2) is 23.8 Å². The number of carbonyl (C=O) groups excluding carboxylic acids is 1. The van der Waals surface area contributed by atoms with Crippen LogP contribution in [0.25, 0.3) is 0 Å². The van der Waals surface area contributed by atoms with E-state index in [1.807, 2.05) is 23.8 Å². The third-order valence-electron chi connectivity index (χ3n) is 3.45. The number of Topliss-reactive ketones (excluding diaryl/α,β-unsaturated/α-hetero) is 1. The lowest BCUT2D eigenvalue weighted by Crippen LogP contribution is -2.28. The lowest BCUT2D eigenvalue weighted by Gasteiger charge is -2.29. The maximum atomic E-state index is 12.1. The lowest BCUT2D eigenvalue weighted by molar-refractivity contribution is 0.0910. The minimum atomic E-state index is 0.0725. The fourth-order valence-electron chi connectivity index (χ4n) is 2.63. The summed E-state index contributed by atoms with van der Waals surface area (Å²) in [5, 5.41) is 3.07. The Bertz CT molecular complexity index is 581. The van der Waals surface area contributed by atoms with Crippen LogP contribution in [0.3, 0.4) is 0 Å². The summed E-state index contributed by atoms with van der Waals surface area (Å²) in [5.41, 5.74) is 2.15. The molecule has 0 saturated carbocycles. The Kier molecular flexibility index (Phi) is 2.63. The molecular weight excluding hydrogens is 244 g/mol. The van der Waals surface area contributed by atoms with Gasteiger partial charge in [0.15, 0.2) is 5.78 Å². The maximum absolute atomic E-state index is 12.1. The molecule has 0 unspecified atom stereocenters. The predicted octanol–water partition coefficient (Wildman–Crippen LogP) is 3.15. The maximum Gasteiger partial charge on any atom is 0.165 e. The molecule has 0 aromatic carbocycles. The van der Waals surface area contributed by atoms with Gasteiger partial charge in [-0.3, -0.25) is 4.79 Å². The monoisotopic (exact) mass is 260 g/mol. The topological polar surface area (TPSA) is 34.9 Å². The Morgan fingerprint density at radius 1 is 1.44 bits per heavy atom. The summed E-state index contributed by atoms with van der Waals surface area (Å²) in [5.74, 6) is 0.277. The zero-order valence-corrected chi connectivity index (χ0v) is 11.5. The van der Waals surface area contributed by atoms with Gasteiger partial charge in [0.05, 0.1) is 6.54 Å². The van der Waals surface area contributed by atoms with Crippen molar-refractivity contribution in [1.29, 1.82) is 0 Å². The molecule has 1 aliphatic rings. The largest absolute Gasteiger partial charge is 0.344 e. The van der Waals surface area contributed by atoms with E-state index in [0.717, 1.165) is 23.5 Å². The second-order valence-electron chi connectivity index (χ2n) is 5.67. The van der Waals surface area contributed by atoms with Crippen LogP contribution in [0.5, 0.6) is 0 Å². The average molecular weight is 260 g/mol. The van der Waals surface area contributed by atoms with Gasteiger partial charge in [-0.1, -0.05) is 13.8 Å². The van der Waals surface area contributed by atoms with E-state index in [2.05, 4.69) is 23.4 Å². The third-order valence-corrected chi connectivity index (χ3v) is 4.22. The molecule has 0 amide bonds. The molecule has 2 aromatic heterocycles. The molecule has 3 nitrogen and oxygen atoms in total. The van der Waals surface area contributed by atoms with Crippen molar-refractivity contribution in [2.45, 2.75) is 33.2 Å². The third kappa shape index (κ3) is 2.01. The van der Waals surface area contributed by atoms with Gasteiger partial charge in [-0.2, -0.15) is 0 Å². The first-order chi connectivity index (χ1) is 8.55. The van der Waals surface area contributed by atoms with Crippen LogP contribution in [-0.2, 0) is 13.0 Å². The van der Waals surface area contributed by atoms with Crippen molar-refractivity contribution in [2.75, 3.05) is 0 Å². The second kappa shape index (κ2) is 4.05. The molecule has 0 N–H and O–H groups in total. The van der Waals surface area contributed by atoms with Gasteiger partial charge in [0.1, 0.15) is 5.01 Å². The summed E-state index contributed by atoms with van der Waals surface area (Å²) in [4.78, 5) is 16.4. The number of rotatable bonds is 2. The van der Waals surface area contributed by atoms with Gasteiger partial charge in [0.25, 0.3) is 0 Å².